The van der Waals surface area contributed by atoms with Gasteiger partial charge in [-0.1, -0.05) is 24.3 Å². The quantitative estimate of drug-likeness (QED) is 0.886. The fraction of sp³-hybridized carbons (Fsp3) is 0.0833. The Bertz CT molecular complexity index is 476. The van der Waals surface area contributed by atoms with Crippen molar-refractivity contribution < 1.29 is 9.50 Å². The van der Waals surface area contributed by atoms with Crippen LogP contribution >= 0.6 is 11.3 Å². The second-order valence-corrected chi connectivity index (χ2v) is 4.04. The Morgan fingerprint density at radius 3 is 2.69 bits per heavy atom. The zero-order chi connectivity index (χ0) is 11.4. The number of aromatic nitrogens is 1. The molecule has 4 heteroatoms. The topological polar surface area (TPSA) is 33.1 Å². The van der Waals surface area contributed by atoms with Crippen LogP contribution in [0.3, 0.4) is 0 Å². The van der Waals surface area contributed by atoms with Crippen molar-refractivity contribution in [3.8, 4) is 10.6 Å². The first-order valence-corrected chi connectivity index (χ1v) is 5.66. The summed E-state index contributed by atoms with van der Waals surface area (Å²) in [7, 11) is 0. The molecule has 0 aliphatic rings. The summed E-state index contributed by atoms with van der Waals surface area (Å²) in [6, 6.07) is 6.99. The molecule has 0 saturated carbocycles. The number of hydrogen-bond donors (Lipinski definition) is 1. The lowest BCUT2D eigenvalue weighted by Crippen LogP contribution is -1.82. The van der Waals surface area contributed by atoms with Gasteiger partial charge in [0.05, 0.1) is 6.61 Å². The number of benzene rings is 1. The molecule has 1 aromatic heterocycles. The summed E-state index contributed by atoms with van der Waals surface area (Å²) in [5, 5.41) is 11.4. The molecular weight excluding hydrogens is 225 g/mol. The molecule has 0 atom stereocenters. The van der Waals surface area contributed by atoms with E-state index in [1.54, 1.807) is 29.7 Å². The highest BCUT2D eigenvalue weighted by atomic mass is 32.1. The number of halogens is 1. The molecule has 0 unspecified atom stereocenters. The van der Waals surface area contributed by atoms with Gasteiger partial charge in [-0.05, 0) is 6.08 Å². The third-order valence-corrected chi connectivity index (χ3v) is 2.93. The maximum atomic E-state index is 13.3. The Labute approximate surface area is 96.7 Å². The van der Waals surface area contributed by atoms with E-state index in [2.05, 4.69) is 4.98 Å². The van der Waals surface area contributed by atoms with Crippen LogP contribution in [0.25, 0.3) is 16.4 Å². The van der Waals surface area contributed by atoms with Gasteiger partial charge in [-0.25, -0.2) is 9.37 Å². The summed E-state index contributed by atoms with van der Waals surface area (Å²) in [5.74, 6) is -0.409. The summed E-state index contributed by atoms with van der Waals surface area (Å²) < 4.78 is 13.3. The molecule has 0 bridgehead atoms. The van der Waals surface area contributed by atoms with Gasteiger partial charge in [-0.2, -0.15) is 0 Å². The molecule has 2 rings (SSSR count). The Morgan fingerprint density at radius 1 is 1.38 bits per heavy atom. The van der Waals surface area contributed by atoms with Crippen LogP contribution in [-0.4, -0.2) is 16.7 Å². The van der Waals surface area contributed by atoms with Gasteiger partial charge in [0.2, 0.25) is 0 Å². The maximum Gasteiger partial charge on any atom is 0.128 e. The molecule has 16 heavy (non-hydrogen) atoms. The van der Waals surface area contributed by atoms with Crippen LogP contribution in [0.4, 0.5) is 4.39 Å². The van der Waals surface area contributed by atoms with E-state index in [1.807, 2.05) is 17.5 Å². The monoisotopic (exact) mass is 235 g/mol. The number of hydrogen-bond acceptors (Lipinski definition) is 3. The molecule has 0 radical (unpaired) electrons. The second-order valence-electron chi connectivity index (χ2n) is 3.15. The molecule has 82 valence electrons. The van der Waals surface area contributed by atoms with Crippen molar-refractivity contribution in [3.63, 3.8) is 0 Å². The van der Waals surface area contributed by atoms with E-state index < -0.39 is 5.83 Å². The highest BCUT2D eigenvalue weighted by molar-refractivity contribution is 7.13. The van der Waals surface area contributed by atoms with Crippen LogP contribution in [0.2, 0.25) is 0 Å². The van der Waals surface area contributed by atoms with Crippen LogP contribution in [0.1, 0.15) is 5.56 Å². The average Bonchev–Trinajstić information content (AvgIpc) is 2.83. The largest absolute Gasteiger partial charge is 0.392 e. The van der Waals surface area contributed by atoms with Crippen LogP contribution in [0, 0.1) is 0 Å². The van der Waals surface area contributed by atoms with Gasteiger partial charge in [-0.3, -0.25) is 0 Å². The molecule has 0 fully saturated rings. The fourth-order valence-electron chi connectivity index (χ4n) is 1.34. The Kier molecular flexibility index (Phi) is 3.44. The van der Waals surface area contributed by atoms with Crippen LogP contribution in [0.5, 0.6) is 0 Å². The predicted molar refractivity (Wildman–Crippen MR) is 63.7 cm³/mol. The Morgan fingerprint density at radius 2 is 2.12 bits per heavy atom. The van der Waals surface area contributed by atoms with Crippen molar-refractivity contribution in [3.05, 3.63) is 47.5 Å². The van der Waals surface area contributed by atoms with Crippen molar-refractivity contribution in [2.45, 2.75) is 0 Å². The van der Waals surface area contributed by atoms with Crippen molar-refractivity contribution >= 4 is 17.2 Å². The van der Waals surface area contributed by atoms with Crippen LogP contribution in [-0.2, 0) is 0 Å². The van der Waals surface area contributed by atoms with E-state index in [0.29, 0.717) is 5.56 Å². The van der Waals surface area contributed by atoms with Crippen LogP contribution < -0.4 is 0 Å². The van der Waals surface area contributed by atoms with E-state index in [-0.39, 0.29) is 6.61 Å². The van der Waals surface area contributed by atoms with Gasteiger partial charge in [0.15, 0.2) is 0 Å². The van der Waals surface area contributed by atoms with Crippen molar-refractivity contribution in [2.75, 3.05) is 6.61 Å². The molecule has 0 aliphatic heterocycles. The molecule has 0 saturated heterocycles. The van der Waals surface area contributed by atoms with Gasteiger partial charge in [0.25, 0.3) is 0 Å². The molecule has 1 aromatic carbocycles. The number of aliphatic hydroxyl groups excluding tert-OH is 1. The molecule has 1 heterocycles. The van der Waals surface area contributed by atoms with Crippen LogP contribution in [0.15, 0.2) is 41.9 Å². The lowest BCUT2D eigenvalue weighted by Gasteiger charge is -1.99. The molecule has 2 aromatic rings. The third-order valence-electron chi connectivity index (χ3n) is 2.11. The maximum absolute atomic E-state index is 13.3. The van der Waals surface area contributed by atoms with Gasteiger partial charge in [0.1, 0.15) is 10.8 Å². The van der Waals surface area contributed by atoms with Crippen molar-refractivity contribution in [1.29, 1.82) is 0 Å². The molecule has 0 aliphatic carbocycles. The Hall–Kier alpha value is -1.52. The van der Waals surface area contributed by atoms with Crippen molar-refractivity contribution in [2.24, 2.45) is 0 Å². The minimum Gasteiger partial charge on any atom is -0.392 e. The first-order chi connectivity index (χ1) is 7.81. The molecule has 1 N–H and O–H groups in total. The smallest absolute Gasteiger partial charge is 0.128 e. The zero-order valence-electron chi connectivity index (χ0n) is 8.43. The standard InChI is InChI=1S/C12H10FNOS/c13-11(5-7-15)9-1-3-10(4-2-9)12-14-6-8-16-12/h1-6,8,15H,7H2. The molecule has 0 amide bonds. The van der Waals surface area contributed by atoms with E-state index in [0.717, 1.165) is 16.6 Å². The third kappa shape index (κ3) is 2.35. The fourth-order valence-corrected chi connectivity index (χ4v) is 1.98. The van der Waals surface area contributed by atoms with E-state index in [1.165, 1.54) is 0 Å². The second kappa shape index (κ2) is 5.01. The van der Waals surface area contributed by atoms with Gasteiger partial charge in [0, 0.05) is 22.7 Å². The Balaban J connectivity index is 2.26. The number of aliphatic hydroxyl groups is 1. The summed E-state index contributed by atoms with van der Waals surface area (Å²) >= 11 is 1.54. The molecule has 2 nitrogen and oxygen atoms in total. The van der Waals surface area contributed by atoms with Gasteiger partial charge >= 0.3 is 0 Å². The lowest BCUT2D eigenvalue weighted by atomic mass is 10.1. The SMILES string of the molecule is OCC=C(F)c1ccc(-c2nccs2)cc1. The van der Waals surface area contributed by atoms with Gasteiger partial charge < -0.3 is 5.11 Å². The highest BCUT2D eigenvalue weighted by Gasteiger charge is 2.02. The molecule has 0 spiro atoms. The minimum atomic E-state index is -0.409. The molecular formula is C12H10FNOS. The minimum absolute atomic E-state index is 0.292. The van der Waals surface area contributed by atoms with Crippen molar-refractivity contribution in [1.82, 2.24) is 4.98 Å². The first-order valence-electron chi connectivity index (χ1n) is 4.78. The van der Waals surface area contributed by atoms with E-state index >= 15 is 0 Å². The number of nitrogens with zero attached hydrogens (tertiary/aromatic N) is 1. The number of rotatable bonds is 3. The zero-order valence-corrected chi connectivity index (χ0v) is 9.25. The first kappa shape index (κ1) is 11.0. The average molecular weight is 235 g/mol. The van der Waals surface area contributed by atoms with Gasteiger partial charge in [-0.15, -0.1) is 11.3 Å². The van der Waals surface area contributed by atoms with E-state index in [9.17, 15) is 4.39 Å². The highest BCUT2D eigenvalue weighted by Crippen LogP contribution is 2.24. The summed E-state index contributed by atoms with van der Waals surface area (Å²) in [4.78, 5) is 4.17. The summed E-state index contributed by atoms with van der Waals surface area (Å²) in [5.41, 5.74) is 1.44. The van der Waals surface area contributed by atoms with E-state index in [4.69, 9.17) is 5.11 Å². The predicted octanol–water partition coefficient (Wildman–Crippen LogP) is 3.11. The summed E-state index contributed by atoms with van der Waals surface area (Å²) in [6.07, 6.45) is 2.87. The normalized spacial score (nSPS) is 11.8. The summed E-state index contributed by atoms with van der Waals surface area (Å²) in [6.45, 7) is -0.292. The lowest BCUT2D eigenvalue weighted by molar-refractivity contribution is 0.342. The number of thiazole rings is 1.